The number of phenols is 1. The minimum atomic E-state index is -1.19. The number of thiazole rings is 1. The molecule has 0 unspecified atom stereocenters. The molecule has 7 heteroatoms. The number of carbonyl (C=O) groups is 1. The van der Waals surface area contributed by atoms with E-state index in [1.165, 1.54) is 29.5 Å². The van der Waals surface area contributed by atoms with E-state index in [1.807, 2.05) is 24.3 Å². The zero-order valence-electron chi connectivity index (χ0n) is 10.6. The highest BCUT2D eigenvalue weighted by Gasteiger charge is 2.09. The lowest BCUT2D eigenvalue weighted by Gasteiger charge is -1.99. The SMILES string of the molecule is O=C(O)c1ccc(N=Nc2nc3ccccc3s2)cc1O. The molecule has 3 rings (SSSR count). The van der Waals surface area contributed by atoms with Crippen molar-refractivity contribution in [2.45, 2.75) is 0 Å². The van der Waals surface area contributed by atoms with E-state index in [1.54, 1.807) is 0 Å². The molecule has 0 amide bonds. The fourth-order valence-corrected chi connectivity index (χ4v) is 2.55. The summed E-state index contributed by atoms with van der Waals surface area (Å²) >= 11 is 1.40. The largest absolute Gasteiger partial charge is 0.507 e. The van der Waals surface area contributed by atoms with Crippen molar-refractivity contribution in [3.05, 3.63) is 48.0 Å². The number of aromatic carboxylic acids is 1. The predicted molar refractivity (Wildman–Crippen MR) is 78.9 cm³/mol. The lowest BCUT2D eigenvalue weighted by molar-refractivity contribution is 0.0694. The summed E-state index contributed by atoms with van der Waals surface area (Å²) in [5.41, 5.74) is 1.03. The first-order chi connectivity index (χ1) is 10.1. The number of nitrogens with zero attached hydrogens (tertiary/aromatic N) is 3. The zero-order valence-corrected chi connectivity index (χ0v) is 11.4. The molecule has 6 nitrogen and oxygen atoms in total. The molecule has 0 saturated carbocycles. The third-order valence-corrected chi connectivity index (χ3v) is 3.67. The van der Waals surface area contributed by atoms with Gasteiger partial charge in [0.05, 0.1) is 15.9 Å². The summed E-state index contributed by atoms with van der Waals surface area (Å²) in [4.78, 5) is 15.1. The van der Waals surface area contributed by atoms with Gasteiger partial charge in [-0.3, -0.25) is 0 Å². The first kappa shape index (κ1) is 13.2. The van der Waals surface area contributed by atoms with E-state index in [0.717, 1.165) is 10.2 Å². The summed E-state index contributed by atoms with van der Waals surface area (Å²) in [6.07, 6.45) is 0. The normalized spacial score (nSPS) is 11.2. The van der Waals surface area contributed by atoms with Gasteiger partial charge in [0, 0.05) is 6.07 Å². The number of aromatic nitrogens is 1. The fourth-order valence-electron chi connectivity index (χ4n) is 1.77. The smallest absolute Gasteiger partial charge is 0.339 e. The number of carboxylic acids is 1. The molecule has 21 heavy (non-hydrogen) atoms. The Morgan fingerprint density at radius 3 is 2.67 bits per heavy atom. The highest BCUT2D eigenvalue weighted by atomic mass is 32.1. The summed E-state index contributed by atoms with van der Waals surface area (Å²) in [6.45, 7) is 0. The van der Waals surface area contributed by atoms with Gasteiger partial charge >= 0.3 is 5.97 Å². The fraction of sp³-hybridized carbons (Fsp3) is 0. The van der Waals surface area contributed by atoms with Crippen LogP contribution in [0.1, 0.15) is 10.4 Å². The molecular weight excluding hydrogens is 290 g/mol. The summed E-state index contributed by atoms with van der Waals surface area (Å²) in [7, 11) is 0. The number of para-hydroxylation sites is 1. The molecule has 2 N–H and O–H groups in total. The Labute approximate surface area is 123 Å². The van der Waals surface area contributed by atoms with Gasteiger partial charge in [-0.15, -0.1) is 10.2 Å². The molecule has 0 radical (unpaired) electrons. The van der Waals surface area contributed by atoms with Crippen molar-refractivity contribution in [2.75, 3.05) is 0 Å². The lowest BCUT2D eigenvalue weighted by Crippen LogP contribution is -1.95. The minimum Gasteiger partial charge on any atom is -0.507 e. The molecule has 104 valence electrons. The van der Waals surface area contributed by atoms with Crippen LogP contribution in [0.25, 0.3) is 10.2 Å². The second-order valence-corrected chi connectivity index (χ2v) is 5.18. The van der Waals surface area contributed by atoms with Crippen LogP contribution in [-0.2, 0) is 0 Å². The average Bonchev–Trinajstić information content (AvgIpc) is 2.87. The van der Waals surface area contributed by atoms with Crippen LogP contribution in [-0.4, -0.2) is 21.2 Å². The van der Waals surface area contributed by atoms with Crippen LogP contribution in [0.15, 0.2) is 52.7 Å². The van der Waals surface area contributed by atoms with Gasteiger partial charge in [0.25, 0.3) is 0 Å². The van der Waals surface area contributed by atoms with Crippen LogP contribution in [0.3, 0.4) is 0 Å². The molecule has 2 aromatic carbocycles. The maximum Gasteiger partial charge on any atom is 0.339 e. The van der Waals surface area contributed by atoms with Crippen LogP contribution in [0, 0.1) is 0 Å². The van der Waals surface area contributed by atoms with Gasteiger partial charge in [-0.25, -0.2) is 9.78 Å². The molecule has 1 heterocycles. The summed E-state index contributed by atoms with van der Waals surface area (Å²) < 4.78 is 1.01. The van der Waals surface area contributed by atoms with E-state index < -0.39 is 5.97 Å². The number of benzene rings is 2. The van der Waals surface area contributed by atoms with E-state index >= 15 is 0 Å². The van der Waals surface area contributed by atoms with Crippen LogP contribution >= 0.6 is 11.3 Å². The first-order valence-corrected chi connectivity index (χ1v) is 6.79. The molecule has 0 aliphatic carbocycles. The van der Waals surface area contributed by atoms with E-state index in [-0.39, 0.29) is 11.3 Å². The first-order valence-electron chi connectivity index (χ1n) is 5.97. The van der Waals surface area contributed by atoms with Gasteiger partial charge in [-0.1, -0.05) is 23.5 Å². The molecule has 1 aromatic heterocycles. The monoisotopic (exact) mass is 299 g/mol. The van der Waals surface area contributed by atoms with Gasteiger partial charge in [-0.2, -0.15) is 0 Å². The zero-order chi connectivity index (χ0) is 14.8. The van der Waals surface area contributed by atoms with Crippen LogP contribution < -0.4 is 0 Å². The quantitative estimate of drug-likeness (QED) is 0.711. The molecule has 0 atom stereocenters. The molecule has 0 saturated heterocycles. The second-order valence-electron chi connectivity index (χ2n) is 4.17. The highest BCUT2D eigenvalue weighted by Crippen LogP contribution is 2.30. The molecule has 0 aliphatic rings. The number of azo groups is 1. The average molecular weight is 299 g/mol. The van der Waals surface area contributed by atoms with Crippen molar-refractivity contribution in [3.63, 3.8) is 0 Å². The summed E-state index contributed by atoms with van der Waals surface area (Å²) in [5.74, 6) is -1.54. The van der Waals surface area contributed by atoms with Crippen molar-refractivity contribution >= 4 is 38.3 Å². The highest BCUT2D eigenvalue weighted by molar-refractivity contribution is 7.21. The number of rotatable bonds is 3. The molecule has 0 fully saturated rings. The second kappa shape index (κ2) is 5.29. The Bertz CT molecular complexity index is 825. The maximum atomic E-state index is 10.8. The van der Waals surface area contributed by atoms with Gasteiger partial charge in [-0.05, 0) is 24.3 Å². The van der Waals surface area contributed by atoms with Gasteiger partial charge < -0.3 is 10.2 Å². The standard InChI is InChI=1S/C14H9N3O3S/c18-11-7-8(5-6-9(11)13(19)20)16-17-14-15-10-3-1-2-4-12(10)21-14/h1-7,18H,(H,19,20). The molecule has 3 aromatic rings. The van der Waals surface area contributed by atoms with Crippen molar-refractivity contribution in [3.8, 4) is 5.75 Å². The van der Waals surface area contributed by atoms with E-state index in [2.05, 4.69) is 15.2 Å². The van der Waals surface area contributed by atoms with Crippen molar-refractivity contribution < 1.29 is 15.0 Å². The van der Waals surface area contributed by atoms with Crippen molar-refractivity contribution in [2.24, 2.45) is 10.2 Å². The molecular formula is C14H9N3O3S. The van der Waals surface area contributed by atoms with Gasteiger partial charge in [0.2, 0.25) is 5.13 Å². The lowest BCUT2D eigenvalue weighted by atomic mass is 10.2. The number of aromatic hydroxyl groups is 1. The van der Waals surface area contributed by atoms with Gasteiger partial charge in [0.1, 0.15) is 11.3 Å². The van der Waals surface area contributed by atoms with E-state index in [9.17, 15) is 9.90 Å². The number of fused-ring (bicyclic) bond motifs is 1. The third kappa shape index (κ3) is 2.72. The summed E-state index contributed by atoms with van der Waals surface area (Å²) in [5, 5.41) is 26.9. The molecule has 0 aliphatic heterocycles. The minimum absolute atomic E-state index is 0.172. The Morgan fingerprint density at radius 1 is 1.14 bits per heavy atom. The molecule has 0 bridgehead atoms. The summed E-state index contributed by atoms with van der Waals surface area (Å²) in [6, 6.07) is 11.7. The Hall–Kier alpha value is -2.80. The Kier molecular flexibility index (Phi) is 3.33. The predicted octanol–water partition coefficient (Wildman–Crippen LogP) is 4.12. The van der Waals surface area contributed by atoms with Crippen LogP contribution in [0.2, 0.25) is 0 Å². The van der Waals surface area contributed by atoms with E-state index in [4.69, 9.17) is 5.11 Å². The van der Waals surface area contributed by atoms with Crippen molar-refractivity contribution in [1.29, 1.82) is 0 Å². The topological polar surface area (TPSA) is 95.1 Å². The van der Waals surface area contributed by atoms with Crippen LogP contribution in [0.5, 0.6) is 5.75 Å². The number of hydrogen-bond donors (Lipinski definition) is 2. The van der Waals surface area contributed by atoms with Gasteiger partial charge in [0.15, 0.2) is 0 Å². The number of carboxylic acid groups (broad SMARTS) is 1. The Morgan fingerprint density at radius 2 is 1.95 bits per heavy atom. The Balaban J connectivity index is 1.88. The third-order valence-electron chi connectivity index (χ3n) is 2.75. The van der Waals surface area contributed by atoms with Crippen LogP contribution in [0.4, 0.5) is 10.8 Å². The number of hydrogen-bond acceptors (Lipinski definition) is 6. The maximum absolute atomic E-state index is 10.8. The van der Waals surface area contributed by atoms with Crippen molar-refractivity contribution in [1.82, 2.24) is 4.98 Å². The van der Waals surface area contributed by atoms with E-state index in [0.29, 0.717) is 10.8 Å². The molecule has 0 spiro atoms.